The Morgan fingerprint density at radius 1 is 1.13 bits per heavy atom. The number of benzene rings is 2. The summed E-state index contributed by atoms with van der Waals surface area (Å²) in [6.45, 7) is 4.21. The Hall–Kier alpha value is -3.90. The van der Waals surface area contributed by atoms with E-state index in [1.165, 1.54) is 18.2 Å². The first-order chi connectivity index (χ1) is 22.3. The molecule has 9 rings (SSSR count). The summed E-state index contributed by atoms with van der Waals surface area (Å²) in [7, 11) is 0. The first-order valence-electron chi connectivity index (χ1n) is 16.3. The van der Waals surface area contributed by atoms with E-state index in [1.54, 1.807) is 6.07 Å². The van der Waals surface area contributed by atoms with Crippen LogP contribution in [0.1, 0.15) is 44.6 Å². The van der Waals surface area contributed by atoms with Crippen molar-refractivity contribution < 1.29 is 27.8 Å². The summed E-state index contributed by atoms with van der Waals surface area (Å²) in [5, 5.41) is 15.8. The van der Waals surface area contributed by atoms with Crippen LogP contribution in [0.15, 0.2) is 24.3 Å². The number of phenols is 1. The third kappa shape index (κ3) is 4.18. The number of halogens is 3. The summed E-state index contributed by atoms with van der Waals surface area (Å²) in [6.07, 6.45) is 3.62. The lowest BCUT2D eigenvalue weighted by molar-refractivity contribution is 0.107. The second kappa shape index (κ2) is 10.3. The maximum atomic E-state index is 17.1. The number of ether oxygens (including phenoxy) is 2. The first-order valence-corrected chi connectivity index (χ1v) is 16.3. The lowest BCUT2D eigenvalue weighted by Crippen LogP contribution is -2.60. The van der Waals surface area contributed by atoms with Gasteiger partial charge in [-0.25, -0.2) is 18.2 Å². The van der Waals surface area contributed by atoms with Crippen molar-refractivity contribution in [2.24, 2.45) is 0 Å². The zero-order valence-corrected chi connectivity index (χ0v) is 25.5. The van der Waals surface area contributed by atoms with Gasteiger partial charge in [0.1, 0.15) is 53.4 Å². The van der Waals surface area contributed by atoms with Crippen molar-refractivity contribution in [3.63, 3.8) is 0 Å². The average Bonchev–Trinajstić information content (AvgIpc) is 3.68. The molecule has 2 bridgehead atoms. The smallest absolute Gasteiger partial charge is 0.319 e. The molecule has 5 atom stereocenters. The van der Waals surface area contributed by atoms with E-state index in [2.05, 4.69) is 20.1 Å². The Morgan fingerprint density at radius 3 is 2.89 bits per heavy atom. The number of hydrogen-bond donors (Lipinski definition) is 2. The Morgan fingerprint density at radius 2 is 2.02 bits per heavy atom. The number of piperazine rings is 1. The number of phenolic OH excluding ortho intramolecular Hbond substituents is 1. The van der Waals surface area contributed by atoms with E-state index in [-0.39, 0.29) is 59.1 Å². The van der Waals surface area contributed by atoms with Crippen molar-refractivity contribution in [2.75, 3.05) is 37.7 Å². The molecule has 7 heterocycles. The van der Waals surface area contributed by atoms with Crippen LogP contribution in [0.3, 0.4) is 0 Å². The molecule has 0 saturated carbocycles. The van der Waals surface area contributed by atoms with Gasteiger partial charge in [-0.05, 0) is 73.2 Å². The van der Waals surface area contributed by atoms with Crippen LogP contribution in [-0.2, 0) is 6.42 Å². The molecule has 4 saturated heterocycles. The van der Waals surface area contributed by atoms with Crippen LogP contribution in [-0.4, -0.2) is 87.6 Å². The summed E-state index contributed by atoms with van der Waals surface area (Å²) in [5.74, 6) is -0.568. The third-order valence-electron chi connectivity index (χ3n) is 10.9. The van der Waals surface area contributed by atoms with Gasteiger partial charge in [0.05, 0.1) is 11.6 Å². The van der Waals surface area contributed by atoms with Crippen molar-refractivity contribution in [3.05, 3.63) is 41.5 Å². The fraction of sp³-hybridized carbons (Fsp3) is 0.500. The maximum Gasteiger partial charge on any atom is 0.319 e. The van der Waals surface area contributed by atoms with Gasteiger partial charge in [0.25, 0.3) is 0 Å². The monoisotopic (exact) mass is 632 g/mol. The maximum absolute atomic E-state index is 17.1. The normalized spacial score (nSPS) is 28.4. The lowest BCUT2D eigenvalue weighted by atomic mass is 9.94. The number of hydrogen-bond acceptors (Lipinski definition) is 9. The van der Waals surface area contributed by atoms with Crippen molar-refractivity contribution in [1.82, 2.24) is 25.2 Å². The lowest BCUT2D eigenvalue weighted by Gasteiger charge is -2.40. The van der Waals surface area contributed by atoms with E-state index in [4.69, 9.17) is 19.4 Å². The minimum Gasteiger partial charge on any atom is -0.508 e. The zero-order valence-electron chi connectivity index (χ0n) is 25.5. The first kappa shape index (κ1) is 28.3. The molecule has 12 heteroatoms. The number of anilines is 1. The fourth-order valence-corrected chi connectivity index (χ4v) is 8.84. The molecular formula is C34H35F3N6O3. The van der Waals surface area contributed by atoms with Gasteiger partial charge in [-0.1, -0.05) is 13.0 Å². The predicted molar refractivity (Wildman–Crippen MR) is 166 cm³/mol. The molecule has 240 valence electrons. The molecule has 5 aliphatic heterocycles. The largest absolute Gasteiger partial charge is 0.508 e. The highest BCUT2D eigenvalue weighted by Gasteiger charge is 2.50. The van der Waals surface area contributed by atoms with Crippen LogP contribution in [0.4, 0.5) is 19.0 Å². The van der Waals surface area contributed by atoms with Gasteiger partial charge < -0.3 is 24.8 Å². The summed E-state index contributed by atoms with van der Waals surface area (Å²) in [6, 6.07) is 6.25. The number of alkyl halides is 1. The van der Waals surface area contributed by atoms with Crippen molar-refractivity contribution >= 4 is 27.5 Å². The highest BCUT2D eigenvalue weighted by molar-refractivity contribution is 6.03. The highest BCUT2D eigenvalue weighted by atomic mass is 19.1. The third-order valence-corrected chi connectivity index (χ3v) is 10.9. The van der Waals surface area contributed by atoms with E-state index < -0.39 is 23.3 Å². The standard InChI is InChI=1S/C34H35F3N6O3/c1-2-21-23(36)6-4-17-10-20(44)11-22(26(17)21)29-28(37)30-27-31(43-14-19-5-7-24(38-19)25(43)15-45-32(27)39-29)41-33(40-30)46-16-34-8-3-9-42(34)13-18(35)12-34/h4,6,10-11,18-19,24-25,38,44H,2-3,5,7-9,12-16H2,1H3/t18-,19+,24-,25+,34-/m0/s1. The molecular weight excluding hydrogens is 597 g/mol. The van der Waals surface area contributed by atoms with Crippen LogP contribution in [0.5, 0.6) is 17.6 Å². The number of aryl methyl sites for hydroxylation is 1. The van der Waals surface area contributed by atoms with Gasteiger partial charge >= 0.3 is 6.01 Å². The predicted octanol–water partition coefficient (Wildman–Crippen LogP) is 5.05. The molecule has 0 amide bonds. The van der Waals surface area contributed by atoms with E-state index >= 15 is 8.78 Å². The molecule has 0 spiro atoms. The number of rotatable bonds is 5. The molecule has 2 aromatic heterocycles. The molecule has 2 aromatic carbocycles. The van der Waals surface area contributed by atoms with E-state index in [0.717, 1.165) is 32.2 Å². The highest BCUT2D eigenvalue weighted by Crippen LogP contribution is 2.45. The van der Waals surface area contributed by atoms with Gasteiger partial charge in [0.2, 0.25) is 5.88 Å². The molecule has 4 fully saturated rings. The number of aromatic nitrogens is 3. The van der Waals surface area contributed by atoms with E-state index in [9.17, 15) is 9.50 Å². The second-order valence-electron chi connectivity index (χ2n) is 13.5. The van der Waals surface area contributed by atoms with Gasteiger partial charge in [-0.2, -0.15) is 9.97 Å². The van der Waals surface area contributed by atoms with Gasteiger partial charge in [-0.3, -0.25) is 4.90 Å². The van der Waals surface area contributed by atoms with Crippen molar-refractivity contribution in [2.45, 2.75) is 75.3 Å². The van der Waals surface area contributed by atoms with Crippen LogP contribution in [0.2, 0.25) is 0 Å². The van der Waals surface area contributed by atoms with Crippen molar-refractivity contribution in [1.29, 1.82) is 0 Å². The quantitative estimate of drug-likeness (QED) is 0.314. The fourth-order valence-electron chi connectivity index (χ4n) is 8.84. The Balaban J connectivity index is 1.24. The van der Waals surface area contributed by atoms with Gasteiger partial charge in [0, 0.05) is 37.2 Å². The van der Waals surface area contributed by atoms with Gasteiger partial charge in [0.15, 0.2) is 5.82 Å². The Kier molecular flexibility index (Phi) is 6.34. The summed E-state index contributed by atoms with van der Waals surface area (Å²) < 4.78 is 59.3. The Labute approximate surface area is 263 Å². The molecule has 0 radical (unpaired) electrons. The zero-order chi connectivity index (χ0) is 31.3. The minimum atomic E-state index is -0.913. The molecule has 0 unspecified atom stereocenters. The molecule has 5 aliphatic rings. The molecule has 2 N–H and O–H groups in total. The Bertz CT molecular complexity index is 1910. The average molecular weight is 633 g/mol. The summed E-state index contributed by atoms with van der Waals surface area (Å²) in [5.41, 5.74) is 0.0926. The molecule has 4 aromatic rings. The van der Waals surface area contributed by atoms with Gasteiger partial charge in [-0.15, -0.1) is 0 Å². The number of aromatic hydroxyl groups is 1. The van der Waals surface area contributed by atoms with E-state index in [1.807, 2.05) is 6.92 Å². The molecule has 9 nitrogen and oxygen atoms in total. The number of nitrogens with zero attached hydrogens (tertiary/aromatic N) is 5. The molecule has 0 aliphatic carbocycles. The van der Waals surface area contributed by atoms with E-state index in [0.29, 0.717) is 60.1 Å². The van der Waals surface area contributed by atoms with Crippen LogP contribution in [0.25, 0.3) is 32.9 Å². The van der Waals surface area contributed by atoms with Crippen LogP contribution < -0.4 is 19.7 Å². The van der Waals surface area contributed by atoms with Crippen LogP contribution in [0, 0.1) is 11.6 Å². The van der Waals surface area contributed by atoms with Crippen LogP contribution >= 0.6 is 0 Å². The summed E-state index contributed by atoms with van der Waals surface area (Å²) in [4.78, 5) is 18.6. The summed E-state index contributed by atoms with van der Waals surface area (Å²) >= 11 is 0. The number of nitrogens with one attached hydrogen (secondary N) is 1. The number of fused-ring (bicyclic) bond motifs is 7. The number of pyridine rings is 1. The van der Waals surface area contributed by atoms with Crippen molar-refractivity contribution in [3.8, 4) is 28.9 Å². The minimum absolute atomic E-state index is 0.0145. The SMILES string of the molecule is CCc1c(F)ccc2cc(O)cc(-c3nc4c5c(nc(OC[C@@]67CCCN6C[C@@H](F)C7)nc5c3F)N3C[C@H]5CC[C@H](N5)[C@H]3CO4)c12. The topological polar surface area (TPSA) is 95.9 Å². The second-order valence-corrected chi connectivity index (χ2v) is 13.5. The molecule has 46 heavy (non-hydrogen) atoms.